The molecule has 1 atom stereocenters. The molecule has 4 rings (SSSR count). The molecule has 1 aliphatic carbocycles. The van der Waals surface area contributed by atoms with E-state index >= 15 is 0 Å². The fourth-order valence-corrected chi connectivity index (χ4v) is 5.64. The van der Waals surface area contributed by atoms with Crippen molar-refractivity contribution in [1.82, 2.24) is 10.2 Å². The molecule has 6 nitrogen and oxygen atoms in total. The maximum atomic E-state index is 13.2. The third-order valence-corrected chi connectivity index (χ3v) is 7.47. The van der Waals surface area contributed by atoms with Gasteiger partial charge < -0.3 is 15.0 Å². The molecule has 2 aromatic rings. The van der Waals surface area contributed by atoms with Crippen LogP contribution in [0.1, 0.15) is 44.9 Å². The Morgan fingerprint density at radius 3 is 2.72 bits per heavy atom. The fourth-order valence-electron chi connectivity index (χ4n) is 4.03. The van der Waals surface area contributed by atoms with Crippen LogP contribution in [0.25, 0.3) is 0 Å². The van der Waals surface area contributed by atoms with Crippen LogP contribution >= 0.6 is 23.1 Å². The van der Waals surface area contributed by atoms with Gasteiger partial charge in [-0.25, -0.2) is 0 Å². The van der Waals surface area contributed by atoms with Gasteiger partial charge >= 0.3 is 0 Å². The summed E-state index contributed by atoms with van der Waals surface area (Å²) in [5, 5.41) is 12.5. The van der Waals surface area contributed by atoms with Crippen LogP contribution in [0.4, 0.5) is 10.8 Å². The van der Waals surface area contributed by atoms with Crippen LogP contribution in [-0.4, -0.2) is 47.2 Å². The molecule has 2 heterocycles. The second kappa shape index (κ2) is 10.4. The number of amides is 1. The Labute approximate surface area is 180 Å². The molecule has 1 aromatic heterocycles. The van der Waals surface area contributed by atoms with E-state index in [9.17, 15) is 4.79 Å². The van der Waals surface area contributed by atoms with Gasteiger partial charge in [0.05, 0.1) is 11.9 Å². The average molecular weight is 433 g/mol. The van der Waals surface area contributed by atoms with E-state index < -0.39 is 0 Å². The molecule has 1 unspecified atom stereocenters. The van der Waals surface area contributed by atoms with Crippen molar-refractivity contribution in [3.63, 3.8) is 0 Å². The van der Waals surface area contributed by atoms with E-state index in [1.807, 2.05) is 35.2 Å². The summed E-state index contributed by atoms with van der Waals surface area (Å²) < 4.78 is 6.45. The zero-order chi connectivity index (χ0) is 19.9. The fraction of sp³-hybridized carbons (Fsp3) is 0.571. The summed E-state index contributed by atoms with van der Waals surface area (Å²) in [5.41, 5.74) is 1.00. The minimum absolute atomic E-state index is 0.150. The van der Waals surface area contributed by atoms with Crippen LogP contribution in [0.2, 0.25) is 0 Å². The Kier molecular flexibility index (Phi) is 7.40. The molecule has 1 amide bonds. The highest BCUT2D eigenvalue weighted by Gasteiger charge is 2.27. The molecule has 0 radical (unpaired) electrons. The van der Waals surface area contributed by atoms with Crippen LogP contribution in [-0.2, 0) is 9.53 Å². The van der Waals surface area contributed by atoms with Crippen molar-refractivity contribution in [1.29, 1.82) is 0 Å². The quantitative estimate of drug-likeness (QED) is 0.616. The van der Waals surface area contributed by atoms with Crippen molar-refractivity contribution in [3.05, 3.63) is 30.3 Å². The smallest absolute Gasteiger partial charge is 0.237 e. The lowest BCUT2D eigenvalue weighted by molar-refractivity contribution is -0.116. The second-order valence-electron chi connectivity index (χ2n) is 7.57. The van der Waals surface area contributed by atoms with Gasteiger partial charge in [0.2, 0.25) is 11.0 Å². The van der Waals surface area contributed by atoms with E-state index in [2.05, 4.69) is 15.5 Å². The van der Waals surface area contributed by atoms with Crippen LogP contribution in [0, 0.1) is 0 Å². The Morgan fingerprint density at radius 2 is 1.97 bits per heavy atom. The molecule has 1 aromatic carbocycles. The van der Waals surface area contributed by atoms with Crippen molar-refractivity contribution in [3.8, 4) is 0 Å². The zero-order valence-corrected chi connectivity index (χ0v) is 18.2. The van der Waals surface area contributed by atoms with Gasteiger partial charge in [-0.2, -0.15) is 0 Å². The number of rotatable bonds is 8. The van der Waals surface area contributed by atoms with Gasteiger partial charge in [0, 0.05) is 24.9 Å². The van der Waals surface area contributed by atoms with E-state index in [1.165, 1.54) is 42.4 Å². The van der Waals surface area contributed by atoms with Gasteiger partial charge in [-0.1, -0.05) is 60.6 Å². The third kappa shape index (κ3) is 5.71. The zero-order valence-electron chi connectivity index (χ0n) is 16.6. The number of carbonyl (C=O) groups excluding carboxylic acids is 1. The highest BCUT2D eigenvalue weighted by molar-refractivity contribution is 8.01. The van der Waals surface area contributed by atoms with Gasteiger partial charge in [0.15, 0.2) is 4.34 Å². The Hall–Kier alpha value is -1.64. The number of nitrogens with one attached hydrogen (secondary N) is 1. The molecule has 1 aliphatic heterocycles. The second-order valence-corrected chi connectivity index (χ2v) is 9.77. The minimum Gasteiger partial charge on any atom is -0.376 e. The van der Waals surface area contributed by atoms with E-state index in [0.29, 0.717) is 11.8 Å². The molecule has 29 heavy (non-hydrogen) atoms. The first kappa shape index (κ1) is 20.6. The maximum absolute atomic E-state index is 13.2. The lowest BCUT2D eigenvalue weighted by atomic mass is 9.93. The molecule has 8 heteroatoms. The number of nitrogens with zero attached hydrogens (tertiary/aromatic N) is 3. The van der Waals surface area contributed by atoms with E-state index in [-0.39, 0.29) is 12.0 Å². The molecule has 1 saturated heterocycles. The summed E-state index contributed by atoms with van der Waals surface area (Å²) >= 11 is 2.98. The molecule has 156 valence electrons. The highest BCUT2D eigenvalue weighted by atomic mass is 32.2. The summed E-state index contributed by atoms with van der Waals surface area (Å²) in [6, 6.07) is 10.4. The highest BCUT2D eigenvalue weighted by Crippen LogP contribution is 2.30. The van der Waals surface area contributed by atoms with E-state index in [0.717, 1.165) is 54.0 Å². The lowest BCUT2D eigenvalue weighted by Gasteiger charge is -2.34. The van der Waals surface area contributed by atoms with Gasteiger partial charge in [0.1, 0.15) is 0 Å². The number of para-hydroxylation sites is 1. The van der Waals surface area contributed by atoms with Crippen molar-refractivity contribution in [2.24, 2.45) is 0 Å². The van der Waals surface area contributed by atoms with Crippen molar-refractivity contribution < 1.29 is 9.53 Å². The molecule has 1 saturated carbocycles. The SMILES string of the molecule is O=C(CSc1nnc(NCC2CCCO2)s1)N(c1ccccc1)C1CCCCC1. The van der Waals surface area contributed by atoms with Gasteiger partial charge in [-0.05, 0) is 37.8 Å². The predicted molar refractivity (Wildman–Crippen MR) is 119 cm³/mol. The molecule has 2 aliphatic rings. The predicted octanol–water partition coefficient (Wildman–Crippen LogP) is 4.59. The van der Waals surface area contributed by atoms with Crippen molar-refractivity contribution >= 4 is 39.8 Å². The number of thioether (sulfide) groups is 1. The van der Waals surface area contributed by atoms with Crippen LogP contribution in [0.3, 0.4) is 0 Å². The van der Waals surface area contributed by atoms with Crippen LogP contribution in [0.15, 0.2) is 34.7 Å². The first-order valence-corrected chi connectivity index (χ1v) is 12.3. The Balaban J connectivity index is 1.34. The van der Waals surface area contributed by atoms with Crippen molar-refractivity contribution in [2.75, 3.05) is 29.1 Å². The summed E-state index contributed by atoms with van der Waals surface area (Å²) in [6.45, 7) is 1.62. The van der Waals surface area contributed by atoms with Gasteiger partial charge in [-0.15, -0.1) is 10.2 Å². The number of hydrogen-bond donors (Lipinski definition) is 1. The summed E-state index contributed by atoms with van der Waals surface area (Å²) in [5.74, 6) is 0.531. The first-order chi connectivity index (χ1) is 14.3. The summed E-state index contributed by atoms with van der Waals surface area (Å²) in [4.78, 5) is 15.2. The first-order valence-electron chi connectivity index (χ1n) is 10.5. The van der Waals surface area contributed by atoms with Crippen LogP contribution in [0.5, 0.6) is 0 Å². The number of ether oxygens (including phenoxy) is 1. The standard InChI is InChI=1S/C21H28N4O2S2/c26-19(25(16-8-3-1-4-9-16)17-10-5-2-6-11-17)15-28-21-24-23-20(29-21)22-14-18-12-7-13-27-18/h1,3-4,8-9,17-18H,2,5-7,10-15H2,(H,22,23). The largest absolute Gasteiger partial charge is 0.376 e. The Morgan fingerprint density at radius 1 is 1.14 bits per heavy atom. The van der Waals surface area contributed by atoms with Crippen LogP contribution < -0.4 is 10.2 Å². The number of hydrogen-bond acceptors (Lipinski definition) is 7. The topological polar surface area (TPSA) is 67.3 Å². The molecular formula is C21H28N4O2S2. The van der Waals surface area contributed by atoms with Crippen molar-refractivity contribution in [2.45, 2.75) is 61.4 Å². The molecule has 0 bridgehead atoms. The van der Waals surface area contributed by atoms with E-state index in [4.69, 9.17) is 4.74 Å². The molecule has 0 spiro atoms. The van der Waals surface area contributed by atoms with Gasteiger partial charge in [0.25, 0.3) is 0 Å². The molecule has 2 fully saturated rings. The Bertz CT molecular complexity index is 774. The number of anilines is 2. The normalized spacial score (nSPS) is 19.9. The maximum Gasteiger partial charge on any atom is 0.237 e. The number of aromatic nitrogens is 2. The van der Waals surface area contributed by atoms with Gasteiger partial charge in [-0.3, -0.25) is 4.79 Å². The lowest BCUT2D eigenvalue weighted by Crippen LogP contribution is -2.42. The average Bonchev–Trinajstić information content (AvgIpc) is 3.44. The minimum atomic E-state index is 0.150. The monoisotopic (exact) mass is 432 g/mol. The number of benzene rings is 1. The number of carbonyl (C=O) groups is 1. The van der Waals surface area contributed by atoms with E-state index in [1.54, 1.807) is 0 Å². The summed E-state index contributed by atoms with van der Waals surface area (Å²) in [6.07, 6.45) is 8.33. The summed E-state index contributed by atoms with van der Waals surface area (Å²) in [7, 11) is 0. The molecular weight excluding hydrogens is 404 g/mol. The third-order valence-electron chi connectivity index (χ3n) is 5.47. The molecule has 1 N–H and O–H groups in total.